The molecule has 0 aliphatic carbocycles. The van der Waals surface area contributed by atoms with Crippen LogP contribution < -0.4 is 5.73 Å². The molecule has 0 radical (unpaired) electrons. The summed E-state index contributed by atoms with van der Waals surface area (Å²) in [5, 5.41) is 9.51. The summed E-state index contributed by atoms with van der Waals surface area (Å²) in [7, 11) is 0. The highest BCUT2D eigenvalue weighted by molar-refractivity contribution is 5.23. The molecule has 0 saturated heterocycles. The van der Waals surface area contributed by atoms with Gasteiger partial charge in [0.05, 0.1) is 5.69 Å². The van der Waals surface area contributed by atoms with Crippen LogP contribution in [0.4, 0.5) is 8.78 Å². The molecule has 1 heterocycles. The average molecular weight is 202 g/mol. The van der Waals surface area contributed by atoms with Crippen LogP contribution in [0.3, 0.4) is 0 Å². The van der Waals surface area contributed by atoms with Crippen LogP contribution in [0, 0.1) is 0 Å². The third-order valence-corrected chi connectivity index (χ3v) is 1.88. The third-order valence-electron chi connectivity index (χ3n) is 1.88. The summed E-state index contributed by atoms with van der Waals surface area (Å²) in [4.78, 5) is 3.71. The van der Waals surface area contributed by atoms with Crippen LogP contribution in [0.15, 0.2) is 18.3 Å². The van der Waals surface area contributed by atoms with E-state index in [9.17, 15) is 13.9 Å². The van der Waals surface area contributed by atoms with Crippen LogP contribution in [-0.2, 0) is 0 Å². The highest BCUT2D eigenvalue weighted by Gasteiger charge is 2.21. The van der Waals surface area contributed by atoms with Crippen LogP contribution in [0.2, 0.25) is 0 Å². The molecule has 1 rings (SSSR count). The second-order valence-corrected chi connectivity index (χ2v) is 3.08. The molecule has 78 valence electrons. The normalized spacial score (nSPS) is 15.6. The lowest BCUT2D eigenvalue weighted by atomic mass is 10.0. The zero-order valence-corrected chi connectivity index (χ0v) is 7.69. The van der Waals surface area contributed by atoms with Gasteiger partial charge in [0.2, 0.25) is 0 Å². The van der Waals surface area contributed by atoms with E-state index in [4.69, 9.17) is 5.73 Å². The van der Waals surface area contributed by atoms with E-state index in [1.807, 2.05) is 0 Å². The molecule has 0 aromatic carbocycles. The average Bonchev–Trinajstić information content (AvgIpc) is 2.16. The van der Waals surface area contributed by atoms with E-state index in [2.05, 4.69) is 4.98 Å². The number of pyridine rings is 1. The topological polar surface area (TPSA) is 59.1 Å². The van der Waals surface area contributed by atoms with Crippen LogP contribution >= 0.6 is 0 Å². The summed E-state index contributed by atoms with van der Waals surface area (Å²) in [5.41, 5.74) is 5.09. The number of alkyl halides is 2. The number of rotatable bonds is 3. The van der Waals surface area contributed by atoms with Crippen molar-refractivity contribution in [1.29, 1.82) is 0 Å². The van der Waals surface area contributed by atoms with E-state index in [1.165, 1.54) is 25.3 Å². The summed E-state index contributed by atoms with van der Waals surface area (Å²) >= 11 is 0. The molecule has 0 saturated carbocycles. The molecule has 0 spiro atoms. The van der Waals surface area contributed by atoms with Gasteiger partial charge in [-0.15, -0.1) is 0 Å². The number of nitrogens with two attached hydrogens (primary N) is 1. The number of aromatic nitrogens is 1. The first kappa shape index (κ1) is 11.0. The number of aliphatic hydroxyl groups excluding tert-OH is 1. The van der Waals surface area contributed by atoms with Gasteiger partial charge in [-0.05, 0) is 19.1 Å². The largest absolute Gasteiger partial charge is 0.385 e. The first-order chi connectivity index (χ1) is 6.54. The molecular formula is C9H12F2N2O. The van der Waals surface area contributed by atoms with Gasteiger partial charge < -0.3 is 10.8 Å². The van der Waals surface area contributed by atoms with Gasteiger partial charge in [-0.3, -0.25) is 4.98 Å². The Balaban J connectivity index is 3.06. The fraction of sp³-hybridized carbons (Fsp3) is 0.444. The SMILES string of the molecule is CC(N)C(O)c1ncccc1C(F)F. The highest BCUT2D eigenvalue weighted by atomic mass is 19.3. The zero-order chi connectivity index (χ0) is 10.7. The van der Waals surface area contributed by atoms with E-state index in [0.717, 1.165) is 0 Å². The van der Waals surface area contributed by atoms with Gasteiger partial charge in [-0.1, -0.05) is 0 Å². The van der Waals surface area contributed by atoms with Crippen molar-refractivity contribution in [2.75, 3.05) is 0 Å². The van der Waals surface area contributed by atoms with Crippen molar-refractivity contribution < 1.29 is 13.9 Å². The molecule has 5 heteroatoms. The molecule has 1 aromatic rings. The first-order valence-corrected chi connectivity index (χ1v) is 4.20. The maximum atomic E-state index is 12.5. The fourth-order valence-corrected chi connectivity index (χ4v) is 1.11. The first-order valence-electron chi connectivity index (χ1n) is 4.20. The minimum absolute atomic E-state index is 0.0440. The molecule has 2 unspecified atom stereocenters. The van der Waals surface area contributed by atoms with E-state index in [-0.39, 0.29) is 11.3 Å². The molecule has 14 heavy (non-hydrogen) atoms. The third kappa shape index (κ3) is 2.24. The Morgan fingerprint density at radius 1 is 1.50 bits per heavy atom. The van der Waals surface area contributed by atoms with Crippen LogP contribution in [0.5, 0.6) is 0 Å². The molecule has 2 atom stereocenters. The molecule has 0 fully saturated rings. The van der Waals surface area contributed by atoms with Crippen molar-refractivity contribution in [2.24, 2.45) is 5.73 Å². The molecule has 0 bridgehead atoms. The van der Waals surface area contributed by atoms with Gasteiger partial charge in [0.15, 0.2) is 0 Å². The lowest BCUT2D eigenvalue weighted by molar-refractivity contribution is 0.123. The summed E-state index contributed by atoms with van der Waals surface area (Å²) in [6.07, 6.45) is -2.44. The van der Waals surface area contributed by atoms with Crippen molar-refractivity contribution in [2.45, 2.75) is 25.5 Å². The van der Waals surface area contributed by atoms with E-state index < -0.39 is 18.6 Å². The van der Waals surface area contributed by atoms with Gasteiger partial charge in [0.1, 0.15) is 6.10 Å². The van der Waals surface area contributed by atoms with Crippen molar-refractivity contribution >= 4 is 0 Å². The Bertz CT molecular complexity index is 305. The molecule has 1 aromatic heterocycles. The van der Waals surface area contributed by atoms with E-state index in [1.54, 1.807) is 0 Å². The molecule has 0 amide bonds. The lowest BCUT2D eigenvalue weighted by Crippen LogP contribution is -2.26. The Labute approximate surface area is 80.6 Å². The minimum Gasteiger partial charge on any atom is -0.385 e. The second-order valence-electron chi connectivity index (χ2n) is 3.08. The van der Waals surface area contributed by atoms with Crippen LogP contribution in [0.25, 0.3) is 0 Å². The monoisotopic (exact) mass is 202 g/mol. The standard InChI is InChI=1S/C9H12F2N2O/c1-5(12)8(14)7-6(9(10)11)3-2-4-13-7/h2-5,8-9,14H,12H2,1H3. The minimum atomic E-state index is -2.65. The summed E-state index contributed by atoms with van der Waals surface area (Å²) in [6.45, 7) is 1.54. The summed E-state index contributed by atoms with van der Waals surface area (Å²) < 4.78 is 24.9. The highest BCUT2D eigenvalue weighted by Crippen LogP contribution is 2.26. The van der Waals surface area contributed by atoms with Crippen LogP contribution in [-0.4, -0.2) is 16.1 Å². The van der Waals surface area contributed by atoms with Gasteiger partial charge in [0.25, 0.3) is 6.43 Å². The van der Waals surface area contributed by atoms with Gasteiger partial charge in [0, 0.05) is 17.8 Å². The molecule has 3 nitrogen and oxygen atoms in total. The van der Waals surface area contributed by atoms with E-state index in [0.29, 0.717) is 0 Å². The summed E-state index contributed by atoms with van der Waals surface area (Å²) in [6, 6.07) is 2.01. The number of hydrogen-bond acceptors (Lipinski definition) is 3. The fourth-order valence-electron chi connectivity index (χ4n) is 1.11. The lowest BCUT2D eigenvalue weighted by Gasteiger charge is -2.16. The predicted molar refractivity (Wildman–Crippen MR) is 47.8 cm³/mol. The van der Waals surface area contributed by atoms with Crippen LogP contribution in [0.1, 0.15) is 30.7 Å². The van der Waals surface area contributed by atoms with Crippen molar-refractivity contribution in [3.8, 4) is 0 Å². The Kier molecular flexibility index (Phi) is 3.49. The number of nitrogens with zero attached hydrogens (tertiary/aromatic N) is 1. The maximum Gasteiger partial charge on any atom is 0.265 e. The van der Waals surface area contributed by atoms with Crippen molar-refractivity contribution in [1.82, 2.24) is 4.98 Å². The summed E-state index contributed by atoms with van der Waals surface area (Å²) in [5.74, 6) is 0. The molecule has 0 aliphatic rings. The van der Waals surface area contributed by atoms with E-state index >= 15 is 0 Å². The molecule has 0 aliphatic heterocycles. The van der Waals surface area contributed by atoms with Gasteiger partial charge in [-0.2, -0.15) is 0 Å². The molecular weight excluding hydrogens is 190 g/mol. The van der Waals surface area contributed by atoms with Gasteiger partial charge in [-0.25, -0.2) is 8.78 Å². The van der Waals surface area contributed by atoms with Crippen molar-refractivity contribution in [3.63, 3.8) is 0 Å². The maximum absolute atomic E-state index is 12.5. The Morgan fingerprint density at radius 3 is 2.64 bits per heavy atom. The zero-order valence-electron chi connectivity index (χ0n) is 7.69. The molecule has 3 N–H and O–H groups in total. The number of hydrogen-bond donors (Lipinski definition) is 2. The van der Waals surface area contributed by atoms with Crippen molar-refractivity contribution in [3.05, 3.63) is 29.6 Å². The second kappa shape index (κ2) is 4.43. The van der Waals surface area contributed by atoms with Gasteiger partial charge >= 0.3 is 0 Å². The number of aliphatic hydroxyl groups is 1. The Hall–Kier alpha value is -1.07. The quantitative estimate of drug-likeness (QED) is 0.778. The smallest absolute Gasteiger partial charge is 0.265 e. The number of halogens is 2. The predicted octanol–water partition coefficient (Wildman–Crippen LogP) is 1.40. The Morgan fingerprint density at radius 2 is 2.14 bits per heavy atom.